The first-order valence-corrected chi connectivity index (χ1v) is 8.94. The van der Waals surface area contributed by atoms with Crippen LogP contribution in [0.25, 0.3) is 0 Å². The minimum absolute atomic E-state index is 0.0185. The van der Waals surface area contributed by atoms with Gasteiger partial charge >= 0.3 is 88.4 Å². The van der Waals surface area contributed by atoms with Gasteiger partial charge in [0.2, 0.25) is 0 Å². The van der Waals surface area contributed by atoms with Gasteiger partial charge in [0.1, 0.15) is 0 Å². The minimum atomic E-state index is -4.83. The standard InChI is InChI=1S/C8H10AsNO5.C4H3NO/c1-6(11)10-8-4-2-3-7(5-8)9(12,13)15-14;6-4-1-2-5-3-4/h2-5,14H,1H3,(H,10,11)(H,12,13);1-3H. The van der Waals surface area contributed by atoms with E-state index in [9.17, 15) is 17.4 Å². The number of aliphatic imine (C=N–C) groups is 1. The Kier molecular flexibility index (Phi) is 6.26. The van der Waals surface area contributed by atoms with Crippen LogP contribution in [0.1, 0.15) is 6.92 Å². The molecule has 0 fully saturated rings. The van der Waals surface area contributed by atoms with Gasteiger partial charge < -0.3 is 0 Å². The number of ketones is 1. The maximum atomic E-state index is 11.3. The number of nitrogens with one attached hydrogen (secondary N) is 1. The molecule has 1 heterocycles. The predicted molar refractivity (Wildman–Crippen MR) is 75.4 cm³/mol. The summed E-state index contributed by atoms with van der Waals surface area (Å²) in [6, 6.07) is 5.64. The third-order valence-corrected chi connectivity index (χ3v) is 4.55. The van der Waals surface area contributed by atoms with Gasteiger partial charge in [0.15, 0.2) is 5.78 Å². The molecule has 1 aliphatic rings. The molecule has 8 nitrogen and oxygen atoms in total. The molecule has 0 radical (unpaired) electrons. The van der Waals surface area contributed by atoms with Gasteiger partial charge in [0, 0.05) is 12.3 Å². The van der Waals surface area contributed by atoms with Crippen LogP contribution in [-0.2, 0) is 17.2 Å². The van der Waals surface area contributed by atoms with E-state index < -0.39 is 14.2 Å². The van der Waals surface area contributed by atoms with Crippen molar-refractivity contribution in [1.29, 1.82) is 0 Å². The van der Waals surface area contributed by atoms with Crippen LogP contribution in [0.4, 0.5) is 5.69 Å². The molecule has 21 heavy (non-hydrogen) atoms. The van der Waals surface area contributed by atoms with Crippen LogP contribution in [0.2, 0.25) is 0 Å². The first-order chi connectivity index (χ1) is 9.85. The molecule has 0 aromatic heterocycles. The van der Waals surface area contributed by atoms with Crippen molar-refractivity contribution in [2.24, 2.45) is 4.99 Å². The van der Waals surface area contributed by atoms with Gasteiger partial charge in [-0.05, 0) is 0 Å². The summed E-state index contributed by atoms with van der Waals surface area (Å²) in [4.78, 5) is 24.2. The number of benzene rings is 1. The van der Waals surface area contributed by atoms with Crippen molar-refractivity contribution >= 4 is 42.1 Å². The van der Waals surface area contributed by atoms with Crippen LogP contribution in [0.5, 0.6) is 0 Å². The Bertz CT molecular complexity index is 626. The molecule has 0 aliphatic carbocycles. The summed E-state index contributed by atoms with van der Waals surface area (Å²) in [5.41, 5.74) is 0.368. The predicted octanol–water partition coefficient (Wildman–Crippen LogP) is -0.143. The molecule has 1 aromatic rings. The van der Waals surface area contributed by atoms with E-state index in [-0.39, 0.29) is 16.0 Å². The Labute approximate surface area is 123 Å². The molecule has 0 spiro atoms. The fourth-order valence-electron chi connectivity index (χ4n) is 1.29. The van der Waals surface area contributed by atoms with Gasteiger partial charge in [-0.2, -0.15) is 0 Å². The van der Waals surface area contributed by atoms with Gasteiger partial charge in [0.05, 0.1) is 6.21 Å². The molecule has 3 N–H and O–H groups in total. The van der Waals surface area contributed by atoms with Crippen molar-refractivity contribution in [2.45, 2.75) is 6.92 Å². The molecule has 0 saturated carbocycles. The molecule has 9 heteroatoms. The zero-order chi connectivity index (χ0) is 15.9. The van der Waals surface area contributed by atoms with Crippen LogP contribution in [0, 0.1) is 0 Å². The second-order valence-corrected chi connectivity index (χ2v) is 7.44. The maximum absolute atomic E-state index is 11.3. The monoisotopic (exact) mass is 356 g/mol. The summed E-state index contributed by atoms with van der Waals surface area (Å²) in [7, 11) is 0. The van der Waals surface area contributed by atoms with Crippen molar-refractivity contribution in [3.63, 3.8) is 0 Å². The van der Waals surface area contributed by atoms with E-state index >= 15 is 0 Å². The number of hydrogen-bond donors (Lipinski definition) is 3. The van der Waals surface area contributed by atoms with Crippen LogP contribution in [0.15, 0.2) is 41.5 Å². The van der Waals surface area contributed by atoms with Gasteiger partial charge in [-0.3, -0.25) is 9.79 Å². The van der Waals surface area contributed by atoms with Gasteiger partial charge in [-0.25, -0.2) is 0 Å². The van der Waals surface area contributed by atoms with E-state index in [2.05, 4.69) is 14.2 Å². The SMILES string of the molecule is CC(=O)Nc1cccc([As](=O)(O)OO)c1.O=C1C=CN=C1. The van der Waals surface area contributed by atoms with Crippen molar-refractivity contribution < 1.29 is 26.6 Å². The summed E-state index contributed by atoms with van der Waals surface area (Å²) >= 11 is -4.83. The molecule has 2 rings (SSSR count). The molecular weight excluding hydrogens is 343 g/mol. The van der Waals surface area contributed by atoms with E-state index in [1.165, 1.54) is 43.6 Å². The first kappa shape index (κ1) is 17.1. The number of nitrogens with zero attached hydrogens (tertiary/aromatic N) is 1. The Morgan fingerprint density at radius 2 is 2.14 bits per heavy atom. The van der Waals surface area contributed by atoms with Crippen LogP contribution in [0.3, 0.4) is 0 Å². The van der Waals surface area contributed by atoms with Gasteiger partial charge in [0.25, 0.3) is 0 Å². The Morgan fingerprint density at radius 1 is 1.43 bits per heavy atom. The van der Waals surface area contributed by atoms with E-state index in [1.54, 1.807) is 6.07 Å². The maximum Gasteiger partial charge on any atom is 0.198 e. The number of rotatable bonds is 3. The molecule has 1 unspecified atom stereocenters. The van der Waals surface area contributed by atoms with E-state index in [4.69, 9.17) is 5.26 Å². The molecule has 1 amide bonds. The second kappa shape index (κ2) is 7.70. The zero-order valence-electron chi connectivity index (χ0n) is 11.0. The number of carbonyl (C=O) groups excluding carboxylic acids is 2. The summed E-state index contributed by atoms with van der Waals surface area (Å²) in [6.45, 7) is 1.32. The molecule has 1 atom stereocenters. The summed E-state index contributed by atoms with van der Waals surface area (Å²) in [5.74, 6) is -0.313. The van der Waals surface area contributed by atoms with Crippen LogP contribution >= 0.6 is 0 Å². The molecular formula is C12H13AsN2O6. The molecule has 1 aromatic carbocycles. The fraction of sp³-hybridized carbons (Fsp3) is 0.0833. The Hall–Kier alpha value is -1.99. The largest absolute Gasteiger partial charge is 0.288 e. The van der Waals surface area contributed by atoms with Crippen molar-refractivity contribution in [3.05, 3.63) is 36.5 Å². The smallest absolute Gasteiger partial charge is 0.198 e. The Balaban J connectivity index is 0.000000304. The number of carbonyl (C=O) groups is 2. The first-order valence-electron chi connectivity index (χ1n) is 5.63. The normalized spacial score (nSPS) is 15.1. The Morgan fingerprint density at radius 3 is 2.57 bits per heavy atom. The number of hydrogen-bond acceptors (Lipinski definition) is 6. The van der Waals surface area contributed by atoms with Crippen molar-refractivity contribution in [2.75, 3.05) is 5.32 Å². The van der Waals surface area contributed by atoms with E-state index in [0.29, 0.717) is 5.69 Å². The van der Waals surface area contributed by atoms with Gasteiger partial charge in [-0.15, -0.1) is 0 Å². The third kappa shape index (κ3) is 5.88. The van der Waals surface area contributed by atoms with E-state index in [0.717, 1.165) is 0 Å². The average Bonchev–Trinajstić information content (AvgIpc) is 2.90. The van der Waals surface area contributed by atoms with Crippen LogP contribution in [-0.4, -0.2) is 41.4 Å². The molecule has 1 aliphatic heterocycles. The van der Waals surface area contributed by atoms with Gasteiger partial charge in [-0.1, -0.05) is 0 Å². The molecule has 112 valence electrons. The number of anilines is 1. The molecule has 0 saturated heterocycles. The molecule has 0 bridgehead atoms. The number of allylic oxidation sites excluding steroid dienone is 1. The average molecular weight is 356 g/mol. The minimum Gasteiger partial charge on any atom is -0.288 e. The van der Waals surface area contributed by atoms with Crippen molar-refractivity contribution in [1.82, 2.24) is 0 Å². The summed E-state index contributed by atoms with van der Waals surface area (Å²) in [5, 5.41) is 10.7. The quantitative estimate of drug-likeness (QED) is 0.393. The second-order valence-electron chi connectivity index (χ2n) is 3.83. The number of amides is 1. The fourth-order valence-corrected chi connectivity index (χ4v) is 2.69. The summed E-state index contributed by atoms with van der Waals surface area (Å²) < 4.78 is 23.9. The van der Waals surface area contributed by atoms with Crippen molar-refractivity contribution in [3.8, 4) is 0 Å². The summed E-state index contributed by atoms with van der Waals surface area (Å²) in [6.07, 6.45) is 4.17. The zero-order valence-corrected chi connectivity index (χ0v) is 12.8. The topological polar surface area (TPSA) is 125 Å². The third-order valence-electron chi connectivity index (χ3n) is 2.13. The van der Waals surface area contributed by atoms with E-state index in [1.807, 2.05) is 0 Å². The van der Waals surface area contributed by atoms with Crippen LogP contribution < -0.4 is 9.67 Å².